The molecule has 3 nitrogen and oxygen atoms in total. The third-order valence-corrected chi connectivity index (χ3v) is 4.81. The van der Waals surface area contributed by atoms with E-state index in [2.05, 4.69) is 20.8 Å². The molecule has 0 aromatic heterocycles. The van der Waals surface area contributed by atoms with Gasteiger partial charge in [-0.15, -0.1) is 0 Å². The van der Waals surface area contributed by atoms with Gasteiger partial charge in [-0.05, 0) is 36.0 Å². The van der Waals surface area contributed by atoms with E-state index in [-0.39, 0.29) is 22.7 Å². The number of fused-ring (bicyclic) bond motifs is 1. The van der Waals surface area contributed by atoms with Crippen molar-refractivity contribution in [3.8, 4) is 0 Å². The first-order valence-corrected chi connectivity index (χ1v) is 6.91. The number of carbonyl (C=O) groups is 2. The fourth-order valence-corrected chi connectivity index (χ4v) is 3.72. The summed E-state index contributed by atoms with van der Waals surface area (Å²) in [4.78, 5) is 23.2. The van der Waals surface area contributed by atoms with Crippen LogP contribution in [0.2, 0.25) is 0 Å². The molecule has 0 N–H and O–H groups in total. The first kappa shape index (κ1) is 13.6. The van der Waals surface area contributed by atoms with Crippen molar-refractivity contribution < 1.29 is 14.3 Å². The molecule has 2 aliphatic carbocycles. The van der Waals surface area contributed by atoms with Crippen molar-refractivity contribution in [3.05, 3.63) is 0 Å². The minimum Gasteiger partial charge on any atom is -0.466 e. The summed E-state index contributed by atoms with van der Waals surface area (Å²) in [5.41, 5.74) is 0.306. The number of ether oxygens (including phenoxy) is 1. The van der Waals surface area contributed by atoms with Crippen molar-refractivity contribution in [2.24, 2.45) is 22.7 Å². The molecule has 3 heteroatoms. The molecular formula is C15H24O3. The molecule has 0 unspecified atom stereocenters. The molecule has 0 spiro atoms. The molecular weight excluding hydrogens is 228 g/mol. The highest BCUT2D eigenvalue weighted by Gasteiger charge is 2.60. The zero-order chi connectivity index (χ0) is 13.6. The van der Waals surface area contributed by atoms with Crippen LogP contribution in [-0.2, 0) is 14.3 Å². The Kier molecular flexibility index (Phi) is 3.28. The van der Waals surface area contributed by atoms with E-state index < -0.39 is 0 Å². The molecule has 102 valence electrons. The molecule has 2 rings (SSSR count). The van der Waals surface area contributed by atoms with Crippen molar-refractivity contribution in [1.29, 1.82) is 0 Å². The Labute approximate surface area is 109 Å². The second-order valence-corrected chi connectivity index (χ2v) is 7.10. The van der Waals surface area contributed by atoms with E-state index in [0.717, 1.165) is 12.8 Å². The van der Waals surface area contributed by atoms with Gasteiger partial charge in [-0.25, -0.2) is 0 Å². The highest BCUT2D eigenvalue weighted by molar-refractivity contribution is 5.83. The predicted octanol–water partition coefficient (Wildman–Crippen LogP) is 2.97. The van der Waals surface area contributed by atoms with Crippen LogP contribution in [0.4, 0.5) is 0 Å². The maximum atomic E-state index is 12.4. The minimum absolute atomic E-state index is 0.0867. The number of ketones is 1. The van der Waals surface area contributed by atoms with Crippen LogP contribution >= 0.6 is 0 Å². The topological polar surface area (TPSA) is 43.4 Å². The Morgan fingerprint density at radius 3 is 2.61 bits per heavy atom. The van der Waals surface area contributed by atoms with Crippen LogP contribution in [0.25, 0.3) is 0 Å². The van der Waals surface area contributed by atoms with Crippen molar-refractivity contribution in [2.75, 3.05) is 6.61 Å². The smallest absolute Gasteiger partial charge is 0.302 e. The van der Waals surface area contributed by atoms with Crippen LogP contribution in [0.3, 0.4) is 0 Å². The Balaban J connectivity index is 2.04. The minimum atomic E-state index is -0.256. The third-order valence-electron chi connectivity index (χ3n) is 4.81. The lowest BCUT2D eigenvalue weighted by molar-refractivity contribution is -0.142. The van der Waals surface area contributed by atoms with E-state index in [1.165, 1.54) is 6.92 Å². The molecule has 2 fully saturated rings. The Hall–Kier alpha value is -0.860. The zero-order valence-electron chi connectivity index (χ0n) is 11.9. The molecule has 2 saturated carbocycles. The van der Waals surface area contributed by atoms with E-state index >= 15 is 0 Å². The zero-order valence-corrected chi connectivity index (χ0v) is 11.9. The summed E-state index contributed by atoms with van der Waals surface area (Å²) in [5, 5.41) is 0. The van der Waals surface area contributed by atoms with Gasteiger partial charge in [-0.1, -0.05) is 20.8 Å². The van der Waals surface area contributed by atoms with Gasteiger partial charge in [-0.2, -0.15) is 0 Å². The summed E-state index contributed by atoms with van der Waals surface area (Å²) in [6.45, 7) is 8.42. The second-order valence-electron chi connectivity index (χ2n) is 7.10. The van der Waals surface area contributed by atoms with Crippen LogP contribution in [0.15, 0.2) is 0 Å². The normalized spacial score (nSPS) is 37.7. The van der Waals surface area contributed by atoms with Gasteiger partial charge in [0, 0.05) is 19.3 Å². The highest BCUT2D eigenvalue weighted by Crippen LogP contribution is 2.65. The molecule has 3 atom stereocenters. The number of hydrogen-bond donors (Lipinski definition) is 0. The maximum Gasteiger partial charge on any atom is 0.302 e. The lowest BCUT2D eigenvalue weighted by Crippen LogP contribution is -2.26. The van der Waals surface area contributed by atoms with E-state index in [0.29, 0.717) is 31.1 Å². The second kappa shape index (κ2) is 4.36. The van der Waals surface area contributed by atoms with Gasteiger partial charge in [0.25, 0.3) is 0 Å². The van der Waals surface area contributed by atoms with Crippen LogP contribution in [0.1, 0.15) is 53.4 Å². The molecule has 0 radical (unpaired) electrons. The fourth-order valence-electron chi connectivity index (χ4n) is 3.72. The quantitative estimate of drug-likeness (QED) is 0.725. The molecule has 0 aromatic carbocycles. The van der Waals surface area contributed by atoms with Gasteiger partial charge in [0.05, 0.1) is 6.61 Å². The summed E-state index contributed by atoms with van der Waals surface area (Å²) in [7, 11) is 0. The number of esters is 1. The summed E-state index contributed by atoms with van der Waals surface area (Å²) in [6, 6.07) is 0. The average molecular weight is 252 g/mol. The highest BCUT2D eigenvalue weighted by atomic mass is 16.5. The Morgan fingerprint density at radius 2 is 2.00 bits per heavy atom. The largest absolute Gasteiger partial charge is 0.466 e. The van der Waals surface area contributed by atoms with E-state index in [4.69, 9.17) is 4.74 Å². The third kappa shape index (κ3) is 2.60. The van der Waals surface area contributed by atoms with Gasteiger partial charge in [0.1, 0.15) is 5.78 Å². The molecule has 2 aliphatic rings. The van der Waals surface area contributed by atoms with Gasteiger partial charge < -0.3 is 4.74 Å². The molecule has 0 amide bonds. The number of carbonyl (C=O) groups excluding carboxylic acids is 2. The number of hydrogen-bond acceptors (Lipinski definition) is 3. The van der Waals surface area contributed by atoms with Crippen molar-refractivity contribution in [1.82, 2.24) is 0 Å². The lowest BCUT2D eigenvalue weighted by atomic mass is 9.80. The molecule has 18 heavy (non-hydrogen) atoms. The molecule has 0 aliphatic heterocycles. The monoisotopic (exact) mass is 252 g/mol. The molecule has 0 bridgehead atoms. The number of rotatable bonds is 3. The van der Waals surface area contributed by atoms with Gasteiger partial charge in [-0.3, -0.25) is 9.59 Å². The fraction of sp³-hybridized carbons (Fsp3) is 0.867. The summed E-state index contributed by atoms with van der Waals surface area (Å²) < 4.78 is 5.01. The molecule has 0 aromatic rings. The van der Waals surface area contributed by atoms with Crippen LogP contribution in [0, 0.1) is 22.7 Å². The first-order valence-electron chi connectivity index (χ1n) is 6.91. The van der Waals surface area contributed by atoms with E-state index in [9.17, 15) is 9.59 Å². The molecule has 0 saturated heterocycles. The Bertz CT molecular complexity index is 372. The van der Waals surface area contributed by atoms with Gasteiger partial charge in [0.2, 0.25) is 0 Å². The van der Waals surface area contributed by atoms with Crippen molar-refractivity contribution >= 4 is 11.8 Å². The predicted molar refractivity (Wildman–Crippen MR) is 69.0 cm³/mol. The van der Waals surface area contributed by atoms with E-state index in [1.54, 1.807) is 0 Å². The average Bonchev–Trinajstić information content (AvgIpc) is 2.81. The van der Waals surface area contributed by atoms with Crippen molar-refractivity contribution in [2.45, 2.75) is 53.4 Å². The number of Topliss-reactive ketones (excluding diaryl/α,β-unsaturated/α-hetero) is 1. The summed E-state index contributed by atoms with van der Waals surface area (Å²) in [5.74, 6) is 0.883. The van der Waals surface area contributed by atoms with E-state index in [1.807, 2.05) is 0 Å². The first-order chi connectivity index (χ1) is 8.24. The Morgan fingerprint density at radius 1 is 1.33 bits per heavy atom. The standard InChI is InChI=1S/C15H24O3/c1-10(16)18-6-5-12-13(17)9-14(2,3)7-11-8-15(11,12)4/h11-12H,5-9H2,1-4H3/t11-,12+,15+/m0/s1. The SMILES string of the molecule is CC(=O)OCC[C@@H]1C(=O)CC(C)(C)C[C@H]2C[C@]21C. The van der Waals surface area contributed by atoms with Gasteiger partial charge in [0.15, 0.2) is 0 Å². The summed E-state index contributed by atoms with van der Waals surface area (Å²) in [6.07, 6.45) is 3.68. The van der Waals surface area contributed by atoms with Crippen LogP contribution in [-0.4, -0.2) is 18.4 Å². The molecule has 0 heterocycles. The van der Waals surface area contributed by atoms with Crippen LogP contribution in [0.5, 0.6) is 0 Å². The maximum absolute atomic E-state index is 12.4. The van der Waals surface area contributed by atoms with Gasteiger partial charge >= 0.3 is 5.97 Å². The lowest BCUT2D eigenvalue weighted by Gasteiger charge is -2.24. The van der Waals surface area contributed by atoms with Crippen molar-refractivity contribution in [3.63, 3.8) is 0 Å². The van der Waals surface area contributed by atoms with Crippen LogP contribution < -0.4 is 0 Å². The summed E-state index contributed by atoms with van der Waals surface area (Å²) >= 11 is 0.